The molecule has 0 amide bonds. The Hall–Kier alpha value is 0.110. The summed E-state index contributed by atoms with van der Waals surface area (Å²) in [6.45, 7) is 1.97. The van der Waals surface area contributed by atoms with E-state index in [4.69, 9.17) is 0 Å². The number of hydrogen-bond donors (Lipinski definition) is 0. The van der Waals surface area contributed by atoms with E-state index in [1.807, 2.05) is 6.92 Å². The molecule has 0 aliphatic heterocycles. The van der Waals surface area contributed by atoms with E-state index >= 15 is 0 Å². The summed E-state index contributed by atoms with van der Waals surface area (Å²) in [4.78, 5) is 9.96. The first-order valence-electron chi connectivity index (χ1n) is 1.95. The van der Waals surface area contributed by atoms with Crippen LogP contribution in [-0.4, -0.2) is 10.2 Å². The Kier molecular flexibility index (Phi) is 8.87. The Labute approximate surface area is 51.3 Å². The second-order valence-corrected chi connectivity index (χ2v) is 1.99. The number of rotatable bonds is 2. The van der Waals surface area contributed by atoms with Crippen LogP contribution < -0.4 is 0 Å². The van der Waals surface area contributed by atoms with Crippen LogP contribution in [0, 0.1) is 0 Å². The molecule has 0 aliphatic rings. The molecular weight excluding hydrogens is 160 g/mol. The van der Waals surface area contributed by atoms with Crippen molar-refractivity contribution in [2.45, 2.75) is 19.8 Å². The van der Waals surface area contributed by atoms with Gasteiger partial charge in [0.05, 0.1) is 0 Å². The third kappa shape index (κ3) is 10.7. The fourth-order valence-electron chi connectivity index (χ4n) is 0.197. The summed E-state index contributed by atoms with van der Waals surface area (Å²) in [5.41, 5.74) is 0. The zero-order valence-electron chi connectivity index (χ0n) is 4.20. The van der Waals surface area contributed by atoms with Crippen LogP contribution >= 0.6 is 15.9 Å². The van der Waals surface area contributed by atoms with Gasteiger partial charge in [-0.25, -0.2) is 0 Å². The summed E-state index contributed by atoms with van der Waals surface area (Å²) < 4.78 is 0.102. The van der Waals surface area contributed by atoms with E-state index in [0.717, 1.165) is 6.42 Å². The molecule has 2 nitrogen and oxygen atoms in total. The van der Waals surface area contributed by atoms with E-state index in [1.165, 1.54) is 0 Å². The molecule has 3 heteroatoms. The summed E-state index contributed by atoms with van der Waals surface area (Å²) >= 11 is 2.80. The Balaban J connectivity index is 0. The van der Waals surface area contributed by atoms with Gasteiger partial charge in [-0.1, -0.05) is 6.92 Å². The van der Waals surface area contributed by atoms with Crippen molar-refractivity contribution in [3.63, 3.8) is 0 Å². The van der Waals surface area contributed by atoms with Crippen LogP contribution in [-0.2, 0) is 4.79 Å². The highest BCUT2D eigenvalue weighted by Gasteiger charge is 1.86. The highest BCUT2D eigenvalue weighted by atomic mass is 79.9. The molecule has 0 saturated heterocycles. The molecule has 0 aromatic rings. The predicted molar refractivity (Wildman–Crippen MR) is 32.5 cm³/mol. The van der Waals surface area contributed by atoms with Gasteiger partial charge in [0.25, 0.3) is 0 Å². The molecule has 0 heterocycles. The minimum Gasteiger partial charge on any atom is -0.412 e. The number of halogens is 1. The molecule has 0 saturated carbocycles. The third-order valence-electron chi connectivity index (χ3n) is 0.447. The van der Waals surface area contributed by atoms with Crippen LogP contribution in [0.25, 0.3) is 0 Å². The van der Waals surface area contributed by atoms with Crippen LogP contribution in [0.5, 0.6) is 0 Å². The van der Waals surface area contributed by atoms with Crippen molar-refractivity contribution in [2.24, 2.45) is 0 Å². The molecule has 0 aromatic carbocycles. The van der Waals surface area contributed by atoms with Crippen molar-refractivity contribution in [1.29, 1.82) is 0 Å². The van der Waals surface area contributed by atoms with Crippen molar-refractivity contribution in [3.05, 3.63) is 0 Å². The highest BCUT2D eigenvalue weighted by Crippen LogP contribution is 1.93. The summed E-state index contributed by atoms with van der Waals surface area (Å²) in [5, 5.41) is 0. The highest BCUT2D eigenvalue weighted by molar-refractivity contribution is 9.18. The summed E-state index contributed by atoms with van der Waals surface area (Å²) in [6.07, 6.45) is 1.59. The van der Waals surface area contributed by atoms with Crippen LogP contribution in [0.3, 0.4) is 0 Å². The van der Waals surface area contributed by atoms with Crippen molar-refractivity contribution >= 4 is 20.6 Å². The second-order valence-electron chi connectivity index (χ2n) is 1.11. The van der Waals surface area contributed by atoms with E-state index in [1.54, 1.807) is 0 Å². The normalized spacial score (nSPS) is 7.14. The van der Waals surface area contributed by atoms with Gasteiger partial charge in [-0.2, -0.15) is 0 Å². The van der Waals surface area contributed by atoms with Gasteiger partial charge < -0.3 is 5.48 Å². The SMILES string of the molecule is CCCC(=O)Br.O. The average Bonchev–Trinajstić information content (AvgIpc) is 1.35. The number of carbonyl (C=O) groups is 1. The van der Waals surface area contributed by atoms with E-state index in [-0.39, 0.29) is 10.2 Å². The lowest BCUT2D eigenvalue weighted by atomic mass is 10.4. The Morgan fingerprint density at radius 3 is 2.14 bits per heavy atom. The van der Waals surface area contributed by atoms with Crippen LogP contribution in [0.1, 0.15) is 19.8 Å². The number of hydrogen-bond acceptors (Lipinski definition) is 1. The van der Waals surface area contributed by atoms with E-state index in [2.05, 4.69) is 15.9 Å². The molecule has 44 valence electrons. The minimum absolute atomic E-state index is 0. The van der Waals surface area contributed by atoms with E-state index in [0.29, 0.717) is 6.42 Å². The van der Waals surface area contributed by atoms with E-state index < -0.39 is 0 Å². The van der Waals surface area contributed by atoms with Crippen molar-refractivity contribution in [3.8, 4) is 0 Å². The van der Waals surface area contributed by atoms with Gasteiger partial charge in [0.15, 0.2) is 4.69 Å². The van der Waals surface area contributed by atoms with Crippen molar-refractivity contribution in [1.82, 2.24) is 0 Å². The third-order valence-corrected chi connectivity index (χ3v) is 0.843. The minimum atomic E-state index is 0. The first-order chi connectivity index (χ1) is 2.77. The van der Waals surface area contributed by atoms with Gasteiger partial charge in [-0.3, -0.25) is 4.79 Å². The second kappa shape index (κ2) is 6.11. The Bertz CT molecular complexity index is 53.7. The maximum Gasteiger partial charge on any atom is 0.197 e. The molecule has 0 radical (unpaired) electrons. The molecular formula is C4H9BrO2. The molecule has 0 atom stereocenters. The van der Waals surface area contributed by atoms with Gasteiger partial charge in [0.1, 0.15) is 0 Å². The molecule has 0 bridgehead atoms. The Morgan fingerprint density at radius 1 is 1.71 bits per heavy atom. The molecule has 0 unspecified atom stereocenters. The smallest absolute Gasteiger partial charge is 0.197 e. The summed E-state index contributed by atoms with van der Waals surface area (Å²) in [7, 11) is 0. The molecule has 7 heavy (non-hydrogen) atoms. The molecule has 0 aromatic heterocycles. The summed E-state index contributed by atoms with van der Waals surface area (Å²) in [6, 6.07) is 0. The van der Waals surface area contributed by atoms with Crippen LogP contribution in [0.2, 0.25) is 0 Å². The molecule has 2 N–H and O–H groups in total. The lowest BCUT2D eigenvalue weighted by molar-refractivity contribution is -0.110. The van der Waals surface area contributed by atoms with Gasteiger partial charge in [-0.15, -0.1) is 0 Å². The molecule has 0 fully saturated rings. The lowest BCUT2D eigenvalue weighted by Crippen LogP contribution is -1.78. The average molecular weight is 169 g/mol. The van der Waals surface area contributed by atoms with Crippen molar-refractivity contribution < 1.29 is 10.3 Å². The molecule has 0 spiro atoms. The Morgan fingerprint density at radius 2 is 2.14 bits per heavy atom. The first-order valence-corrected chi connectivity index (χ1v) is 2.75. The largest absolute Gasteiger partial charge is 0.412 e. The lowest BCUT2D eigenvalue weighted by Gasteiger charge is -1.78. The monoisotopic (exact) mass is 168 g/mol. The zero-order chi connectivity index (χ0) is 4.99. The predicted octanol–water partition coefficient (Wildman–Crippen LogP) is 0.883. The van der Waals surface area contributed by atoms with Gasteiger partial charge in [-0.05, 0) is 22.4 Å². The quantitative estimate of drug-likeness (QED) is 0.566. The maximum atomic E-state index is 9.96. The first kappa shape index (κ1) is 10.2. The number of carbonyl (C=O) groups excluding carboxylic acids is 1. The van der Waals surface area contributed by atoms with Crippen LogP contribution in [0.4, 0.5) is 0 Å². The van der Waals surface area contributed by atoms with Gasteiger partial charge >= 0.3 is 0 Å². The van der Waals surface area contributed by atoms with Gasteiger partial charge in [0.2, 0.25) is 0 Å². The fraction of sp³-hybridized carbons (Fsp3) is 0.750. The molecule has 0 aliphatic carbocycles. The van der Waals surface area contributed by atoms with Crippen LogP contribution in [0.15, 0.2) is 0 Å². The van der Waals surface area contributed by atoms with E-state index in [9.17, 15) is 4.79 Å². The van der Waals surface area contributed by atoms with Gasteiger partial charge in [0, 0.05) is 6.42 Å². The fourth-order valence-corrected chi connectivity index (χ4v) is 0.593. The maximum absolute atomic E-state index is 9.96. The summed E-state index contributed by atoms with van der Waals surface area (Å²) in [5.74, 6) is 0. The standard InChI is InChI=1S/C4H7BrO.H2O/c1-2-3-4(5)6;/h2-3H2,1H3;1H2. The topological polar surface area (TPSA) is 48.6 Å². The van der Waals surface area contributed by atoms with Crippen molar-refractivity contribution in [2.75, 3.05) is 0 Å². The zero-order valence-corrected chi connectivity index (χ0v) is 5.79. The molecule has 0 rings (SSSR count).